The monoisotopic (exact) mass is 396 g/mol. The number of benzene rings is 2. The summed E-state index contributed by atoms with van der Waals surface area (Å²) in [5, 5.41) is 4.42. The Kier molecular flexibility index (Phi) is 3.67. The van der Waals surface area contributed by atoms with Crippen molar-refractivity contribution in [3.05, 3.63) is 62.8 Å². The van der Waals surface area contributed by atoms with Gasteiger partial charge in [-0.25, -0.2) is 0 Å². The molecule has 100 valence electrons. The molecular formula is C15H10ClIN2O. The van der Waals surface area contributed by atoms with Crippen LogP contribution in [0.1, 0.15) is 10.5 Å². The summed E-state index contributed by atoms with van der Waals surface area (Å²) in [5.74, 6) is -0.179. The minimum atomic E-state index is -0.179. The van der Waals surface area contributed by atoms with Gasteiger partial charge in [0.25, 0.3) is 5.91 Å². The molecule has 3 nitrogen and oxygen atoms in total. The highest BCUT2D eigenvalue weighted by molar-refractivity contribution is 14.1. The number of carbonyl (C=O) groups is 1. The molecule has 0 bridgehead atoms. The van der Waals surface area contributed by atoms with Crippen molar-refractivity contribution in [1.82, 2.24) is 4.98 Å². The van der Waals surface area contributed by atoms with Gasteiger partial charge in [0.15, 0.2) is 0 Å². The van der Waals surface area contributed by atoms with Gasteiger partial charge in [0.2, 0.25) is 0 Å². The highest BCUT2D eigenvalue weighted by atomic mass is 127. The van der Waals surface area contributed by atoms with Crippen molar-refractivity contribution in [2.45, 2.75) is 0 Å². The number of carbonyl (C=O) groups excluding carboxylic acids is 1. The molecule has 5 heteroatoms. The first-order valence-electron chi connectivity index (χ1n) is 5.98. The number of halogens is 2. The molecule has 1 aromatic heterocycles. The van der Waals surface area contributed by atoms with E-state index in [1.54, 1.807) is 12.1 Å². The van der Waals surface area contributed by atoms with Crippen LogP contribution in [0.4, 0.5) is 5.69 Å². The van der Waals surface area contributed by atoms with Crippen molar-refractivity contribution >= 4 is 56.7 Å². The summed E-state index contributed by atoms with van der Waals surface area (Å²) in [6.45, 7) is 0. The Morgan fingerprint density at radius 3 is 2.70 bits per heavy atom. The van der Waals surface area contributed by atoms with Crippen LogP contribution in [-0.2, 0) is 0 Å². The Morgan fingerprint density at radius 1 is 1.15 bits per heavy atom. The van der Waals surface area contributed by atoms with Crippen LogP contribution in [0.5, 0.6) is 0 Å². The number of hydrogen-bond acceptors (Lipinski definition) is 1. The van der Waals surface area contributed by atoms with E-state index in [2.05, 4.69) is 32.9 Å². The number of anilines is 1. The van der Waals surface area contributed by atoms with Gasteiger partial charge in [-0.1, -0.05) is 35.9 Å². The van der Waals surface area contributed by atoms with Crippen molar-refractivity contribution in [3.8, 4) is 0 Å². The minimum Gasteiger partial charge on any atom is -0.349 e. The van der Waals surface area contributed by atoms with E-state index in [1.165, 1.54) is 0 Å². The van der Waals surface area contributed by atoms with Crippen LogP contribution in [0.2, 0.25) is 5.02 Å². The van der Waals surface area contributed by atoms with E-state index in [-0.39, 0.29) is 5.91 Å². The number of fused-ring (bicyclic) bond motifs is 1. The van der Waals surface area contributed by atoms with E-state index in [0.29, 0.717) is 10.7 Å². The zero-order chi connectivity index (χ0) is 14.1. The summed E-state index contributed by atoms with van der Waals surface area (Å²) in [6, 6.07) is 15.0. The highest BCUT2D eigenvalue weighted by Crippen LogP contribution is 2.24. The quantitative estimate of drug-likeness (QED) is 0.607. The fourth-order valence-corrected chi connectivity index (χ4v) is 2.75. The van der Waals surface area contributed by atoms with Gasteiger partial charge >= 0.3 is 0 Å². The molecule has 0 aliphatic rings. The minimum absolute atomic E-state index is 0.179. The molecule has 2 N–H and O–H groups in total. The average Bonchev–Trinajstić information content (AvgIpc) is 2.87. The van der Waals surface area contributed by atoms with E-state index in [1.807, 2.05) is 36.4 Å². The van der Waals surface area contributed by atoms with Crippen LogP contribution in [-0.4, -0.2) is 10.9 Å². The van der Waals surface area contributed by atoms with Gasteiger partial charge in [0, 0.05) is 8.96 Å². The molecule has 1 heterocycles. The van der Waals surface area contributed by atoms with Crippen molar-refractivity contribution < 1.29 is 4.79 Å². The Labute approximate surface area is 134 Å². The molecule has 0 radical (unpaired) electrons. The van der Waals surface area contributed by atoms with Gasteiger partial charge < -0.3 is 10.3 Å². The molecule has 0 saturated heterocycles. The molecule has 0 spiro atoms. The second kappa shape index (κ2) is 5.46. The van der Waals surface area contributed by atoms with Crippen LogP contribution in [0, 0.1) is 3.57 Å². The van der Waals surface area contributed by atoms with Gasteiger partial charge in [-0.15, -0.1) is 0 Å². The van der Waals surface area contributed by atoms with Crippen LogP contribution < -0.4 is 5.32 Å². The normalized spacial score (nSPS) is 10.7. The topological polar surface area (TPSA) is 44.9 Å². The van der Waals surface area contributed by atoms with Crippen molar-refractivity contribution in [2.24, 2.45) is 0 Å². The zero-order valence-corrected chi connectivity index (χ0v) is 13.2. The Morgan fingerprint density at radius 2 is 1.95 bits per heavy atom. The molecule has 3 rings (SSSR count). The lowest BCUT2D eigenvalue weighted by Gasteiger charge is -2.05. The Hall–Kier alpha value is -1.53. The van der Waals surface area contributed by atoms with Crippen LogP contribution >= 0.6 is 34.2 Å². The van der Waals surface area contributed by atoms with Gasteiger partial charge in [0.05, 0.1) is 16.2 Å². The van der Waals surface area contributed by atoms with Crippen LogP contribution in [0.3, 0.4) is 0 Å². The van der Waals surface area contributed by atoms with Gasteiger partial charge in [-0.05, 0) is 46.9 Å². The van der Waals surface area contributed by atoms with E-state index in [9.17, 15) is 4.79 Å². The first-order chi connectivity index (χ1) is 9.65. The third-order valence-electron chi connectivity index (χ3n) is 2.97. The molecule has 2 aromatic carbocycles. The summed E-state index contributed by atoms with van der Waals surface area (Å²) in [6.07, 6.45) is 0. The Bertz CT molecular complexity index is 797. The van der Waals surface area contributed by atoms with E-state index in [0.717, 1.165) is 20.2 Å². The molecule has 0 saturated carbocycles. The van der Waals surface area contributed by atoms with Crippen molar-refractivity contribution in [1.29, 1.82) is 0 Å². The third kappa shape index (κ3) is 2.53. The fourth-order valence-electron chi connectivity index (χ4n) is 1.99. The number of hydrogen-bond donors (Lipinski definition) is 2. The van der Waals surface area contributed by atoms with Crippen LogP contribution in [0.25, 0.3) is 10.9 Å². The largest absolute Gasteiger partial charge is 0.349 e. The molecule has 1 amide bonds. The van der Waals surface area contributed by atoms with Gasteiger partial charge in [0.1, 0.15) is 5.69 Å². The van der Waals surface area contributed by atoms with Crippen molar-refractivity contribution in [3.63, 3.8) is 0 Å². The van der Waals surface area contributed by atoms with E-state index >= 15 is 0 Å². The lowest BCUT2D eigenvalue weighted by atomic mass is 10.2. The molecule has 0 aliphatic carbocycles. The maximum Gasteiger partial charge on any atom is 0.272 e. The summed E-state index contributed by atoms with van der Waals surface area (Å²) in [7, 11) is 0. The number of rotatable bonds is 2. The van der Waals surface area contributed by atoms with E-state index < -0.39 is 0 Å². The first-order valence-corrected chi connectivity index (χ1v) is 7.44. The smallest absolute Gasteiger partial charge is 0.272 e. The van der Waals surface area contributed by atoms with E-state index in [4.69, 9.17) is 11.6 Å². The molecule has 0 aliphatic heterocycles. The summed E-state index contributed by atoms with van der Waals surface area (Å²) < 4.78 is 0.993. The van der Waals surface area contributed by atoms with Crippen LogP contribution in [0.15, 0.2) is 48.5 Å². The fraction of sp³-hybridized carbons (Fsp3) is 0. The molecular weight excluding hydrogens is 387 g/mol. The first kappa shape index (κ1) is 13.5. The molecule has 0 fully saturated rings. The second-order valence-corrected chi connectivity index (χ2v) is 5.89. The molecule has 3 aromatic rings. The number of para-hydroxylation sites is 2. The summed E-state index contributed by atoms with van der Waals surface area (Å²) in [4.78, 5) is 15.3. The zero-order valence-electron chi connectivity index (χ0n) is 10.3. The lowest BCUT2D eigenvalue weighted by molar-refractivity contribution is 0.102. The molecule has 0 atom stereocenters. The SMILES string of the molecule is O=C(Nc1ccccc1I)c1cc2cccc(Cl)c2[nH]1. The van der Waals surface area contributed by atoms with Crippen molar-refractivity contribution in [2.75, 3.05) is 5.32 Å². The van der Waals surface area contributed by atoms with Gasteiger partial charge in [-0.3, -0.25) is 4.79 Å². The standard InChI is InChI=1S/C15H10ClIN2O/c16-10-5-3-4-9-8-13(18-14(9)10)15(20)19-12-7-2-1-6-11(12)17/h1-8,18H,(H,19,20). The second-order valence-electron chi connectivity index (χ2n) is 4.32. The average molecular weight is 397 g/mol. The maximum atomic E-state index is 12.3. The predicted molar refractivity (Wildman–Crippen MR) is 90.4 cm³/mol. The maximum absolute atomic E-state index is 12.3. The predicted octanol–water partition coefficient (Wildman–Crippen LogP) is 4.68. The molecule has 20 heavy (non-hydrogen) atoms. The number of H-pyrrole nitrogens is 1. The summed E-state index contributed by atoms with van der Waals surface area (Å²) in [5.41, 5.74) is 2.07. The molecule has 0 unspecified atom stereocenters. The number of aromatic amines is 1. The Balaban J connectivity index is 1.93. The number of nitrogens with one attached hydrogen (secondary N) is 2. The highest BCUT2D eigenvalue weighted by Gasteiger charge is 2.12. The number of aromatic nitrogens is 1. The summed E-state index contributed by atoms with van der Waals surface area (Å²) >= 11 is 8.28. The lowest BCUT2D eigenvalue weighted by Crippen LogP contribution is -2.12. The van der Waals surface area contributed by atoms with Gasteiger partial charge in [-0.2, -0.15) is 0 Å². The number of amides is 1. The third-order valence-corrected chi connectivity index (χ3v) is 4.23.